The number of rotatable bonds is 9. The molecule has 192 valence electrons. The SMILES string of the molecule is Cc1ccc(CC(=O)C2(c3ccc4c(c3)OCO4)CC2)cc1-c1ccc(S(=O)(=O)N[C@H](C)C(=O)O)cc1. The van der Waals surface area contributed by atoms with Gasteiger partial charge < -0.3 is 14.6 Å². The van der Waals surface area contributed by atoms with Crippen LogP contribution in [0.15, 0.2) is 65.6 Å². The molecule has 1 atom stereocenters. The molecule has 0 bridgehead atoms. The zero-order valence-electron chi connectivity index (χ0n) is 20.5. The highest BCUT2D eigenvalue weighted by atomic mass is 32.2. The lowest BCUT2D eigenvalue weighted by Gasteiger charge is -2.16. The molecule has 5 rings (SSSR count). The summed E-state index contributed by atoms with van der Waals surface area (Å²) in [5, 5.41) is 9.00. The molecule has 3 aromatic rings. The average Bonchev–Trinajstić information content (AvgIpc) is 3.55. The Bertz CT molecular complexity index is 1490. The molecule has 0 unspecified atom stereocenters. The van der Waals surface area contributed by atoms with Crippen LogP contribution in [-0.4, -0.2) is 38.1 Å². The van der Waals surface area contributed by atoms with Crippen LogP contribution in [0.5, 0.6) is 11.5 Å². The summed E-state index contributed by atoms with van der Waals surface area (Å²) in [6.07, 6.45) is 1.88. The van der Waals surface area contributed by atoms with Gasteiger partial charge in [0, 0.05) is 6.42 Å². The number of ether oxygens (including phenoxy) is 2. The molecule has 0 radical (unpaired) electrons. The fourth-order valence-electron chi connectivity index (χ4n) is 4.66. The predicted molar refractivity (Wildman–Crippen MR) is 136 cm³/mol. The Morgan fingerprint density at radius 3 is 2.38 bits per heavy atom. The number of aryl methyl sites for hydroxylation is 1. The van der Waals surface area contributed by atoms with E-state index >= 15 is 0 Å². The van der Waals surface area contributed by atoms with E-state index in [9.17, 15) is 18.0 Å². The van der Waals surface area contributed by atoms with Gasteiger partial charge in [-0.2, -0.15) is 4.72 Å². The molecule has 0 saturated heterocycles. The Kier molecular flexibility index (Phi) is 6.29. The maximum Gasteiger partial charge on any atom is 0.321 e. The van der Waals surface area contributed by atoms with E-state index in [4.69, 9.17) is 14.6 Å². The van der Waals surface area contributed by atoms with Crippen molar-refractivity contribution in [2.24, 2.45) is 0 Å². The van der Waals surface area contributed by atoms with E-state index in [2.05, 4.69) is 4.72 Å². The van der Waals surface area contributed by atoms with Crippen molar-refractivity contribution in [3.63, 3.8) is 0 Å². The maximum absolute atomic E-state index is 13.4. The molecule has 1 heterocycles. The van der Waals surface area contributed by atoms with E-state index in [1.54, 1.807) is 12.1 Å². The number of hydrogen-bond donors (Lipinski definition) is 2. The fourth-order valence-corrected chi connectivity index (χ4v) is 5.85. The molecular weight excluding hydrogens is 494 g/mol. The van der Waals surface area contributed by atoms with Crippen molar-refractivity contribution >= 4 is 21.8 Å². The van der Waals surface area contributed by atoms with Gasteiger partial charge in [-0.05, 0) is 78.8 Å². The van der Waals surface area contributed by atoms with E-state index in [0.29, 0.717) is 11.5 Å². The zero-order chi connectivity index (χ0) is 26.4. The Hall–Kier alpha value is -3.69. The largest absolute Gasteiger partial charge is 0.480 e. The summed E-state index contributed by atoms with van der Waals surface area (Å²) in [4.78, 5) is 24.4. The number of benzene rings is 3. The highest BCUT2D eigenvalue weighted by Crippen LogP contribution is 2.51. The molecule has 37 heavy (non-hydrogen) atoms. The van der Waals surface area contributed by atoms with Gasteiger partial charge in [0.05, 0.1) is 10.3 Å². The molecule has 8 nitrogen and oxygen atoms in total. The Labute approximate surface area is 215 Å². The maximum atomic E-state index is 13.4. The van der Waals surface area contributed by atoms with Crippen LogP contribution in [0, 0.1) is 6.92 Å². The lowest BCUT2D eigenvalue weighted by molar-refractivity contribution is -0.138. The van der Waals surface area contributed by atoms with E-state index < -0.39 is 27.4 Å². The van der Waals surface area contributed by atoms with Gasteiger partial charge in [0.25, 0.3) is 0 Å². The van der Waals surface area contributed by atoms with E-state index in [1.165, 1.54) is 19.1 Å². The Morgan fingerprint density at radius 1 is 1.00 bits per heavy atom. The second kappa shape index (κ2) is 9.32. The minimum absolute atomic E-state index is 0.0206. The van der Waals surface area contributed by atoms with Crippen LogP contribution in [0.4, 0.5) is 0 Å². The molecule has 3 aromatic carbocycles. The van der Waals surface area contributed by atoms with Gasteiger partial charge in [-0.15, -0.1) is 0 Å². The van der Waals surface area contributed by atoms with Crippen LogP contribution in [-0.2, 0) is 31.4 Å². The summed E-state index contributed by atoms with van der Waals surface area (Å²) in [6.45, 7) is 3.41. The third-order valence-electron chi connectivity index (χ3n) is 7.05. The molecule has 9 heteroatoms. The molecule has 2 aliphatic rings. The number of Topliss-reactive ketones (excluding diaryl/α,β-unsaturated/α-hetero) is 1. The molecule has 0 aromatic heterocycles. The van der Waals surface area contributed by atoms with Crippen molar-refractivity contribution in [3.05, 3.63) is 77.4 Å². The van der Waals surface area contributed by atoms with Gasteiger partial charge in [0.15, 0.2) is 11.5 Å². The minimum Gasteiger partial charge on any atom is -0.480 e. The smallest absolute Gasteiger partial charge is 0.321 e. The number of fused-ring (bicyclic) bond motifs is 1. The van der Waals surface area contributed by atoms with Crippen LogP contribution in [0.1, 0.15) is 36.5 Å². The minimum atomic E-state index is -3.97. The van der Waals surface area contributed by atoms with E-state index in [-0.39, 0.29) is 23.9 Å². The summed E-state index contributed by atoms with van der Waals surface area (Å²) in [5.41, 5.74) is 4.02. The number of carboxylic acid groups (broad SMARTS) is 1. The first-order valence-electron chi connectivity index (χ1n) is 12.0. The number of aliphatic carboxylic acids is 1. The first-order valence-corrected chi connectivity index (χ1v) is 13.5. The number of sulfonamides is 1. The lowest BCUT2D eigenvalue weighted by Crippen LogP contribution is -2.38. The van der Waals surface area contributed by atoms with Gasteiger partial charge in [0.2, 0.25) is 16.8 Å². The first kappa shape index (κ1) is 25.0. The zero-order valence-corrected chi connectivity index (χ0v) is 21.3. The summed E-state index contributed by atoms with van der Waals surface area (Å²) in [7, 11) is -3.97. The quantitative estimate of drug-likeness (QED) is 0.437. The first-order chi connectivity index (χ1) is 17.6. The van der Waals surface area contributed by atoms with E-state index in [1.807, 2.05) is 43.3 Å². The number of carboxylic acids is 1. The molecule has 1 fully saturated rings. The molecule has 1 aliphatic heterocycles. The third kappa shape index (κ3) is 4.84. The molecular formula is C28H27NO7S. The molecule has 1 aliphatic carbocycles. The number of ketones is 1. The summed E-state index contributed by atoms with van der Waals surface area (Å²) in [5.74, 6) is 0.267. The van der Waals surface area contributed by atoms with Crippen molar-refractivity contribution in [1.29, 1.82) is 0 Å². The highest BCUT2D eigenvalue weighted by Gasteiger charge is 2.50. The van der Waals surface area contributed by atoms with Crippen molar-refractivity contribution in [1.82, 2.24) is 4.72 Å². The lowest BCUT2D eigenvalue weighted by atomic mass is 9.87. The van der Waals surface area contributed by atoms with Crippen LogP contribution in [0.2, 0.25) is 0 Å². The monoisotopic (exact) mass is 521 g/mol. The van der Waals surface area contributed by atoms with Crippen molar-refractivity contribution in [2.45, 2.75) is 49.5 Å². The van der Waals surface area contributed by atoms with Crippen molar-refractivity contribution in [2.75, 3.05) is 6.79 Å². The molecule has 1 saturated carbocycles. The number of hydrogen-bond acceptors (Lipinski definition) is 6. The van der Waals surface area contributed by atoms with Crippen LogP contribution in [0.25, 0.3) is 11.1 Å². The van der Waals surface area contributed by atoms with Gasteiger partial charge in [-0.1, -0.05) is 36.4 Å². The fraction of sp³-hybridized carbons (Fsp3) is 0.286. The standard InChI is InChI=1S/C28H27NO7S/c1-17-3-4-19(14-26(30)28(11-12-28)21-7-10-24-25(15-21)36-16-35-24)13-23(17)20-5-8-22(9-6-20)37(33,34)29-18(2)27(31)32/h3-10,13,15,18,29H,11-12,14,16H2,1-2H3,(H,31,32)/t18-/m1/s1. The van der Waals surface area contributed by atoms with E-state index in [0.717, 1.165) is 40.7 Å². The number of carbonyl (C=O) groups is 2. The van der Waals surface area contributed by atoms with Crippen molar-refractivity contribution < 1.29 is 32.6 Å². The highest BCUT2D eigenvalue weighted by molar-refractivity contribution is 7.89. The molecule has 0 amide bonds. The Morgan fingerprint density at radius 2 is 1.70 bits per heavy atom. The van der Waals surface area contributed by atoms with Crippen LogP contribution >= 0.6 is 0 Å². The molecule has 0 spiro atoms. The van der Waals surface area contributed by atoms with Crippen LogP contribution < -0.4 is 14.2 Å². The third-order valence-corrected chi connectivity index (χ3v) is 8.61. The summed E-state index contributed by atoms with van der Waals surface area (Å²) >= 11 is 0. The van der Waals surface area contributed by atoms with Gasteiger partial charge >= 0.3 is 5.97 Å². The predicted octanol–water partition coefficient (Wildman–Crippen LogP) is 3.99. The normalized spacial score (nSPS) is 16.3. The summed E-state index contributed by atoms with van der Waals surface area (Å²) < 4.78 is 38.0. The summed E-state index contributed by atoms with van der Waals surface area (Å²) in [6, 6.07) is 16.6. The van der Waals surface area contributed by atoms with Gasteiger partial charge in [0.1, 0.15) is 11.8 Å². The number of carbonyl (C=O) groups excluding carboxylic acids is 1. The van der Waals surface area contributed by atoms with Gasteiger partial charge in [-0.25, -0.2) is 8.42 Å². The van der Waals surface area contributed by atoms with Crippen LogP contribution in [0.3, 0.4) is 0 Å². The second-order valence-electron chi connectivity index (χ2n) is 9.60. The Balaban J connectivity index is 1.35. The topological polar surface area (TPSA) is 119 Å². The van der Waals surface area contributed by atoms with Gasteiger partial charge in [-0.3, -0.25) is 9.59 Å². The molecule has 2 N–H and O–H groups in total. The van der Waals surface area contributed by atoms with Crippen molar-refractivity contribution in [3.8, 4) is 22.6 Å². The second-order valence-corrected chi connectivity index (χ2v) is 11.3. The number of nitrogens with one attached hydrogen (secondary N) is 1. The average molecular weight is 522 g/mol.